The number of benzene rings is 1. The van der Waals surface area contributed by atoms with E-state index >= 15 is 0 Å². The Hall–Kier alpha value is -1.82. The zero-order valence-electron chi connectivity index (χ0n) is 17.8. The average molecular weight is 426 g/mol. The smallest absolute Gasteiger partial charge is 0.277 e. The Morgan fingerprint density at radius 2 is 1.73 bits per heavy atom. The third-order valence-electron chi connectivity index (χ3n) is 7.50. The molecule has 0 aliphatic heterocycles. The monoisotopic (exact) mass is 425 g/mol. The summed E-state index contributed by atoms with van der Waals surface area (Å²) in [6.07, 6.45) is 7.81. The molecule has 30 heavy (non-hydrogen) atoms. The molecule has 1 amide bonds. The first-order valence-corrected chi connectivity index (χ1v) is 12.2. The summed E-state index contributed by atoms with van der Waals surface area (Å²) in [5.74, 6) is 3.65. The molecule has 4 aliphatic carbocycles. The van der Waals surface area contributed by atoms with Crippen molar-refractivity contribution in [1.82, 2.24) is 15.5 Å². The van der Waals surface area contributed by atoms with E-state index < -0.39 is 0 Å². The van der Waals surface area contributed by atoms with Gasteiger partial charge in [-0.2, -0.15) is 0 Å². The summed E-state index contributed by atoms with van der Waals surface area (Å²) in [7, 11) is 0. The van der Waals surface area contributed by atoms with Crippen molar-refractivity contribution < 1.29 is 9.21 Å². The van der Waals surface area contributed by atoms with E-state index in [9.17, 15) is 4.79 Å². The Bertz CT molecular complexity index is 862. The Morgan fingerprint density at radius 1 is 1.10 bits per heavy atom. The Labute approximate surface area is 182 Å². The van der Waals surface area contributed by atoms with Crippen LogP contribution < -0.4 is 5.32 Å². The first-order chi connectivity index (χ1) is 14.5. The fourth-order valence-electron chi connectivity index (χ4n) is 6.35. The predicted octanol–water partition coefficient (Wildman–Crippen LogP) is 4.94. The minimum atomic E-state index is -0.266. The van der Waals surface area contributed by atoms with Gasteiger partial charge in [0.25, 0.3) is 5.22 Å². The van der Waals surface area contributed by atoms with Crippen LogP contribution in [0.2, 0.25) is 0 Å². The van der Waals surface area contributed by atoms with Crippen LogP contribution in [-0.4, -0.2) is 27.9 Å². The highest BCUT2D eigenvalue weighted by molar-refractivity contribution is 8.00. The van der Waals surface area contributed by atoms with Crippen molar-refractivity contribution >= 4 is 17.7 Å². The summed E-state index contributed by atoms with van der Waals surface area (Å²) in [4.78, 5) is 12.6. The maximum atomic E-state index is 12.6. The number of thioether (sulfide) groups is 1. The molecule has 4 aliphatic rings. The molecule has 6 rings (SSSR count). The van der Waals surface area contributed by atoms with Crippen molar-refractivity contribution in [3.05, 3.63) is 41.8 Å². The maximum absolute atomic E-state index is 12.6. The van der Waals surface area contributed by atoms with Gasteiger partial charge in [-0.3, -0.25) is 4.79 Å². The Morgan fingerprint density at radius 3 is 2.37 bits per heavy atom. The summed E-state index contributed by atoms with van der Waals surface area (Å²) < 4.78 is 6.14. The Balaban J connectivity index is 1.18. The van der Waals surface area contributed by atoms with Gasteiger partial charge < -0.3 is 9.73 Å². The van der Waals surface area contributed by atoms with Gasteiger partial charge in [0.15, 0.2) is 0 Å². The van der Waals surface area contributed by atoms with E-state index in [1.807, 2.05) is 25.1 Å². The molecule has 0 spiro atoms. The summed E-state index contributed by atoms with van der Waals surface area (Å²) in [6, 6.07) is 10.3. The fourth-order valence-corrected chi connectivity index (χ4v) is 7.05. The average Bonchev–Trinajstić information content (AvgIpc) is 3.21. The molecular formula is C24H31N3O2S. The second kappa shape index (κ2) is 8.03. The maximum Gasteiger partial charge on any atom is 0.277 e. The van der Waals surface area contributed by atoms with Crippen LogP contribution in [0.15, 0.2) is 40.0 Å². The van der Waals surface area contributed by atoms with Gasteiger partial charge in [0.05, 0.1) is 5.25 Å². The number of hydrogen-bond acceptors (Lipinski definition) is 5. The first-order valence-electron chi connectivity index (χ1n) is 11.3. The van der Waals surface area contributed by atoms with Crippen molar-refractivity contribution in [1.29, 1.82) is 0 Å². The van der Waals surface area contributed by atoms with Crippen LogP contribution >= 0.6 is 11.8 Å². The van der Waals surface area contributed by atoms with Gasteiger partial charge in [-0.1, -0.05) is 49.0 Å². The number of nitrogens with one attached hydrogen (secondary N) is 1. The summed E-state index contributed by atoms with van der Waals surface area (Å²) in [5.41, 5.74) is 1.34. The molecule has 2 atom stereocenters. The molecule has 6 heteroatoms. The van der Waals surface area contributed by atoms with Crippen LogP contribution in [0, 0.1) is 17.8 Å². The molecular weight excluding hydrogens is 394 g/mol. The molecule has 0 unspecified atom stereocenters. The van der Waals surface area contributed by atoms with E-state index in [1.54, 1.807) is 0 Å². The number of nitrogens with zero attached hydrogens (tertiary/aromatic N) is 2. The van der Waals surface area contributed by atoms with Crippen LogP contribution in [0.3, 0.4) is 0 Å². The SMILES string of the molecule is C[C@H](Sc1nnc(C23CC4CC(CC(C4)C2)C3)o1)C(=O)NC[C@@H](C)c1ccccc1. The second-order valence-corrected chi connectivity index (χ2v) is 11.2. The molecule has 1 N–H and O–H groups in total. The largest absolute Gasteiger partial charge is 0.415 e. The number of carbonyl (C=O) groups is 1. The summed E-state index contributed by atoms with van der Waals surface area (Å²) >= 11 is 1.37. The van der Waals surface area contributed by atoms with Gasteiger partial charge >= 0.3 is 0 Å². The van der Waals surface area contributed by atoms with Crippen LogP contribution in [0.5, 0.6) is 0 Å². The number of hydrogen-bond donors (Lipinski definition) is 1. The summed E-state index contributed by atoms with van der Waals surface area (Å²) in [5, 5.41) is 12.1. The lowest BCUT2D eigenvalue weighted by molar-refractivity contribution is -0.120. The van der Waals surface area contributed by atoms with E-state index in [0.29, 0.717) is 11.8 Å². The van der Waals surface area contributed by atoms with Crippen LogP contribution in [0.25, 0.3) is 0 Å². The molecule has 5 nitrogen and oxygen atoms in total. The lowest BCUT2D eigenvalue weighted by atomic mass is 9.49. The highest BCUT2D eigenvalue weighted by Crippen LogP contribution is 2.60. The quantitative estimate of drug-likeness (QED) is 0.637. The first kappa shape index (κ1) is 20.1. The molecule has 1 heterocycles. The van der Waals surface area contributed by atoms with Gasteiger partial charge in [-0.25, -0.2) is 0 Å². The highest BCUT2D eigenvalue weighted by Gasteiger charge is 2.54. The topological polar surface area (TPSA) is 68.0 Å². The molecule has 1 aromatic heterocycles. The lowest BCUT2D eigenvalue weighted by Crippen LogP contribution is -2.48. The summed E-state index contributed by atoms with van der Waals surface area (Å²) in [6.45, 7) is 4.65. The van der Waals surface area contributed by atoms with Gasteiger partial charge in [0.2, 0.25) is 11.8 Å². The van der Waals surface area contributed by atoms with E-state index in [4.69, 9.17) is 4.42 Å². The molecule has 4 saturated carbocycles. The van der Waals surface area contributed by atoms with Gasteiger partial charge in [-0.15, -0.1) is 10.2 Å². The third kappa shape index (κ3) is 3.91. The standard InChI is InChI=1S/C24H31N3O2S/c1-15(20-6-4-3-5-7-20)14-25-21(28)16(2)30-23-27-26-22(29-23)24-11-17-8-18(12-24)10-19(9-17)13-24/h3-7,15-19H,8-14H2,1-2H3,(H,25,28)/t15-,16+,17?,18?,19?,24?/m1/s1. The lowest BCUT2D eigenvalue weighted by Gasteiger charge is -2.55. The molecule has 0 saturated heterocycles. The number of carbonyl (C=O) groups excluding carboxylic acids is 1. The number of rotatable bonds is 7. The highest BCUT2D eigenvalue weighted by atomic mass is 32.2. The van der Waals surface area contributed by atoms with Crippen LogP contribution in [-0.2, 0) is 10.2 Å². The van der Waals surface area contributed by atoms with Crippen LogP contribution in [0.4, 0.5) is 0 Å². The fraction of sp³-hybridized carbons (Fsp3) is 0.625. The van der Waals surface area contributed by atoms with Crippen LogP contribution in [0.1, 0.15) is 69.7 Å². The second-order valence-electron chi connectivity index (χ2n) is 9.89. The molecule has 4 bridgehead atoms. The Kier molecular flexibility index (Phi) is 5.38. The van der Waals surface area contributed by atoms with E-state index in [0.717, 1.165) is 23.6 Å². The molecule has 0 radical (unpaired) electrons. The number of aromatic nitrogens is 2. The van der Waals surface area contributed by atoms with Crippen molar-refractivity contribution in [2.45, 2.75) is 74.2 Å². The normalized spacial score (nSPS) is 31.5. The van der Waals surface area contributed by atoms with E-state index in [2.05, 4.69) is 34.6 Å². The molecule has 4 fully saturated rings. The minimum absolute atomic E-state index is 0.0114. The third-order valence-corrected chi connectivity index (χ3v) is 8.43. The predicted molar refractivity (Wildman–Crippen MR) is 117 cm³/mol. The van der Waals surface area contributed by atoms with Gasteiger partial charge in [0, 0.05) is 12.0 Å². The van der Waals surface area contributed by atoms with E-state index in [1.165, 1.54) is 55.9 Å². The van der Waals surface area contributed by atoms with Crippen molar-refractivity contribution in [2.24, 2.45) is 17.8 Å². The van der Waals surface area contributed by atoms with Crippen molar-refractivity contribution in [3.8, 4) is 0 Å². The molecule has 2 aromatic rings. The zero-order chi connectivity index (χ0) is 20.7. The van der Waals surface area contributed by atoms with E-state index in [-0.39, 0.29) is 22.5 Å². The van der Waals surface area contributed by atoms with Gasteiger partial charge in [-0.05, 0) is 74.7 Å². The molecule has 1 aromatic carbocycles. The zero-order valence-corrected chi connectivity index (χ0v) is 18.7. The molecule has 160 valence electrons. The number of amides is 1. The van der Waals surface area contributed by atoms with Crippen molar-refractivity contribution in [2.75, 3.05) is 6.54 Å². The van der Waals surface area contributed by atoms with Crippen molar-refractivity contribution in [3.63, 3.8) is 0 Å². The van der Waals surface area contributed by atoms with Gasteiger partial charge in [0.1, 0.15) is 0 Å². The minimum Gasteiger partial charge on any atom is -0.415 e.